The zero-order chi connectivity index (χ0) is 16.3. The molecule has 2 amide bonds. The first-order valence-corrected chi connectivity index (χ1v) is 7.17. The molecule has 1 aromatic carbocycles. The maximum Gasteiger partial charge on any atom is 0.311 e. The Hall–Kier alpha value is -2.50. The molecule has 22 heavy (non-hydrogen) atoms. The third-order valence-electron chi connectivity index (χ3n) is 3.75. The molecule has 6 nitrogen and oxygen atoms in total. The molecule has 0 saturated carbocycles. The number of benzene rings is 1. The molecule has 0 spiro atoms. The van der Waals surface area contributed by atoms with E-state index in [2.05, 4.69) is 0 Å². The van der Waals surface area contributed by atoms with Crippen LogP contribution in [0.2, 0.25) is 0 Å². The van der Waals surface area contributed by atoms with E-state index in [1.807, 2.05) is 13.8 Å². The average Bonchev–Trinajstić information content (AvgIpc) is 2.78. The van der Waals surface area contributed by atoms with E-state index in [9.17, 15) is 19.2 Å². The van der Waals surface area contributed by atoms with Gasteiger partial charge in [-0.3, -0.25) is 19.2 Å². The molecule has 1 heterocycles. The van der Waals surface area contributed by atoms with Crippen LogP contribution >= 0.6 is 0 Å². The number of carbonyl (C=O) groups excluding carboxylic acids is 4. The summed E-state index contributed by atoms with van der Waals surface area (Å²) in [6.45, 7) is 3.65. The Balaban J connectivity index is 2.23. The highest BCUT2D eigenvalue weighted by Gasteiger charge is 2.41. The van der Waals surface area contributed by atoms with Gasteiger partial charge in [0.15, 0.2) is 6.29 Å². The smallest absolute Gasteiger partial charge is 0.311 e. The maximum atomic E-state index is 12.3. The quantitative estimate of drug-likeness (QED) is 0.454. The number of ether oxygens (including phenoxy) is 1. The minimum Gasteiger partial charge on any atom is -0.433 e. The molecular weight excluding hydrogens is 286 g/mol. The average molecular weight is 303 g/mol. The van der Waals surface area contributed by atoms with Gasteiger partial charge in [-0.25, -0.2) is 4.90 Å². The number of hydrogen-bond acceptors (Lipinski definition) is 5. The molecule has 0 aromatic heterocycles. The molecule has 0 fully saturated rings. The highest BCUT2D eigenvalue weighted by molar-refractivity contribution is 6.22. The van der Waals surface area contributed by atoms with Crippen molar-refractivity contribution >= 4 is 24.1 Å². The largest absolute Gasteiger partial charge is 0.433 e. The van der Waals surface area contributed by atoms with Gasteiger partial charge in [0, 0.05) is 0 Å². The van der Waals surface area contributed by atoms with Gasteiger partial charge < -0.3 is 4.74 Å². The number of rotatable bonds is 6. The van der Waals surface area contributed by atoms with Crippen LogP contribution < -0.4 is 0 Å². The topological polar surface area (TPSA) is 80.8 Å². The van der Waals surface area contributed by atoms with Crippen molar-refractivity contribution in [1.82, 2.24) is 4.90 Å². The van der Waals surface area contributed by atoms with Gasteiger partial charge in [0.1, 0.15) is 0 Å². The van der Waals surface area contributed by atoms with Gasteiger partial charge in [-0.1, -0.05) is 26.0 Å². The van der Waals surface area contributed by atoms with E-state index < -0.39 is 24.0 Å². The molecular formula is C16H17NO5. The van der Waals surface area contributed by atoms with Crippen LogP contribution in [0.4, 0.5) is 0 Å². The predicted molar refractivity (Wildman–Crippen MR) is 77.0 cm³/mol. The maximum absolute atomic E-state index is 12.3. The van der Waals surface area contributed by atoms with Gasteiger partial charge >= 0.3 is 5.97 Å². The molecule has 2 rings (SSSR count). The number of hydrogen-bond donors (Lipinski definition) is 0. The van der Waals surface area contributed by atoms with Gasteiger partial charge in [0.2, 0.25) is 6.23 Å². The van der Waals surface area contributed by atoms with Crippen LogP contribution in [0.25, 0.3) is 0 Å². The molecule has 1 atom stereocenters. The Morgan fingerprint density at radius 1 is 1.14 bits per heavy atom. The number of imide groups is 1. The minimum atomic E-state index is -1.53. The first-order valence-electron chi connectivity index (χ1n) is 7.17. The van der Waals surface area contributed by atoms with Crippen LogP contribution in [-0.4, -0.2) is 35.2 Å². The standard InChI is InChI=1S/C16H17NO5/c1-3-10(4-2)16(21)22-13(9-18)17-14(19)11-7-5-6-8-12(11)15(17)20/h5-10,13H,3-4H2,1-2H3. The van der Waals surface area contributed by atoms with Crippen molar-refractivity contribution in [2.24, 2.45) is 5.92 Å². The van der Waals surface area contributed by atoms with Gasteiger partial charge in [0.25, 0.3) is 11.8 Å². The summed E-state index contributed by atoms with van der Waals surface area (Å²) < 4.78 is 5.08. The third kappa shape index (κ3) is 2.64. The number of aldehydes is 1. The fourth-order valence-electron chi connectivity index (χ4n) is 2.42. The van der Waals surface area contributed by atoms with Crippen molar-refractivity contribution in [2.45, 2.75) is 32.9 Å². The van der Waals surface area contributed by atoms with Crippen LogP contribution in [0, 0.1) is 5.92 Å². The highest BCUT2D eigenvalue weighted by Crippen LogP contribution is 2.25. The lowest BCUT2D eigenvalue weighted by molar-refractivity contribution is -0.162. The van der Waals surface area contributed by atoms with Crippen LogP contribution in [0.15, 0.2) is 24.3 Å². The molecule has 6 heteroatoms. The van der Waals surface area contributed by atoms with E-state index >= 15 is 0 Å². The van der Waals surface area contributed by atoms with Crippen molar-refractivity contribution in [3.05, 3.63) is 35.4 Å². The highest BCUT2D eigenvalue weighted by atomic mass is 16.6. The second-order valence-corrected chi connectivity index (χ2v) is 5.00. The Morgan fingerprint density at radius 3 is 2.05 bits per heavy atom. The van der Waals surface area contributed by atoms with Gasteiger partial charge in [-0.05, 0) is 25.0 Å². The summed E-state index contributed by atoms with van der Waals surface area (Å²) in [6, 6.07) is 6.25. The van der Waals surface area contributed by atoms with Crippen LogP contribution in [0.3, 0.4) is 0 Å². The monoisotopic (exact) mass is 303 g/mol. The molecule has 1 aromatic rings. The number of esters is 1. The van der Waals surface area contributed by atoms with Crippen LogP contribution in [0.1, 0.15) is 47.4 Å². The van der Waals surface area contributed by atoms with Crippen molar-refractivity contribution in [2.75, 3.05) is 0 Å². The van der Waals surface area contributed by atoms with Gasteiger partial charge in [0.05, 0.1) is 17.0 Å². The van der Waals surface area contributed by atoms with E-state index in [4.69, 9.17) is 4.74 Å². The van der Waals surface area contributed by atoms with E-state index in [0.29, 0.717) is 24.0 Å². The number of fused-ring (bicyclic) bond motifs is 1. The Morgan fingerprint density at radius 2 is 1.64 bits per heavy atom. The summed E-state index contributed by atoms with van der Waals surface area (Å²) in [5.74, 6) is -2.21. The molecule has 1 aliphatic heterocycles. The summed E-state index contributed by atoms with van der Waals surface area (Å²) in [6.07, 6.45) is -0.117. The van der Waals surface area contributed by atoms with E-state index in [0.717, 1.165) is 0 Å². The fourth-order valence-corrected chi connectivity index (χ4v) is 2.42. The van der Waals surface area contributed by atoms with Crippen molar-refractivity contribution in [1.29, 1.82) is 0 Å². The Labute approximate surface area is 128 Å². The predicted octanol–water partition coefficient (Wildman–Crippen LogP) is 1.79. The summed E-state index contributed by atoms with van der Waals surface area (Å²) >= 11 is 0. The van der Waals surface area contributed by atoms with Gasteiger partial charge in [-0.15, -0.1) is 0 Å². The summed E-state index contributed by atoms with van der Waals surface area (Å²) in [5, 5.41) is 0. The van der Waals surface area contributed by atoms with E-state index in [1.165, 1.54) is 12.1 Å². The van der Waals surface area contributed by atoms with Gasteiger partial charge in [-0.2, -0.15) is 0 Å². The SMILES string of the molecule is CCC(CC)C(=O)OC(C=O)N1C(=O)c2ccccc2C1=O. The summed E-state index contributed by atoms with van der Waals surface area (Å²) in [5.41, 5.74) is 0.413. The number of nitrogens with zero attached hydrogens (tertiary/aromatic N) is 1. The molecule has 116 valence electrons. The lowest BCUT2D eigenvalue weighted by Gasteiger charge is -2.23. The molecule has 0 bridgehead atoms. The van der Waals surface area contributed by atoms with Crippen molar-refractivity contribution < 1.29 is 23.9 Å². The minimum absolute atomic E-state index is 0.206. The van der Waals surface area contributed by atoms with Crippen molar-refractivity contribution in [3.8, 4) is 0 Å². The van der Waals surface area contributed by atoms with Crippen LogP contribution in [0.5, 0.6) is 0 Å². The lowest BCUT2D eigenvalue weighted by atomic mass is 10.0. The first kappa shape index (κ1) is 15.9. The zero-order valence-corrected chi connectivity index (χ0v) is 12.4. The second kappa shape index (κ2) is 6.51. The molecule has 1 unspecified atom stereocenters. The van der Waals surface area contributed by atoms with Crippen molar-refractivity contribution in [3.63, 3.8) is 0 Å². The molecule has 0 radical (unpaired) electrons. The fraction of sp³-hybridized carbons (Fsp3) is 0.375. The second-order valence-electron chi connectivity index (χ2n) is 5.00. The molecule has 1 aliphatic rings. The summed E-state index contributed by atoms with van der Waals surface area (Å²) in [7, 11) is 0. The van der Waals surface area contributed by atoms with E-state index in [-0.39, 0.29) is 17.0 Å². The Bertz CT molecular complexity index is 586. The third-order valence-corrected chi connectivity index (χ3v) is 3.75. The van der Waals surface area contributed by atoms with Crippen LogP contribution in [-0.2, 0) is 14.3 Å². The number of carbonyl (C=O) groups is 4. The summed E-state index contributed by atoms with van der Waals surface area (Å²) in [4.78, 5) is 48.4. The van der Waals surface area contributed by atoms with E-state index in [1.54, 1.807) is 12.1 Å². The number of amides is 2. The molecule has 0 N–H and O–H groups in total. The Kier molecular flexibility index (Phi) is 4.70. The molecule has 0 aliphatic carbocycles. The first-order chi connectivity index (χ1) is 10.5. The normalized spacial score (nSPS) is 15.0. The molecule has 0 saturated heterocycles. The zero-order valence-electron chi connectivity index (χ0n) is 12.4. The lowest BCUT2D eigenvalue weighted by Crippen LogP contribution is -2.44.